The summed E-state index contributed by atoms with van der Waals surface area (Å²) in [6.07, 6.45) is -3.64. The number of carbonyl (C=O) groups excluding carboxylic acids is 1. The van der Waals surface area contributed by atoms with Gasteiger partial charge in [-0.25, -0.2) is 4.99 Å². The maximum Gasteiger partial charge on any atom is 0.422 e. The van der Waals surface area contributed by atoms with E-state index in [0.717, 1.165) is 6.21 Å². The van der Waals surface area contributed by atoms with Crippen molar-refractivity contribution in [2.24, 2.45) is 4.99 Å². The molecule has 0 spiro atoms. The van der Waals surface area contributed by atoms with Gasteiger partial charge in [-0.3, -0.25) is 4.79 Å². The predicted molar refractivity (Wildman–Crippen MR) is 50.2 cm³/mol. The van der Waals surface area contributed by atoms with Crippen molar-refractivity contribution < 1.29 is 18.0 Å². The van der Waals surface area contributed by atoms with E-state index >= 15 is 0 Å². The SMILES string of the molecule is O=C1C(C(F)(F)F)=C(Cl)N=CC1I. The zero-order valence-corrected chi connectivity index (χ0v) is 8.81. The van der Waals surface area contributed by atoms with Gasteiger partial charge in [0.05, 0.1) is 0 Å². The molecule has 0 amide bonds. The minimum absolute atomic E-state index is 0.787. The van der Waals surface area contributed by atoms with E-state index in [4.69, 9.17) is 11.6 Å². The lowest BCUT2D eigenvalue weighted by atomic mass is 10.1. The molecular formula is C6H2ClF3INO. The third-order valence-electron chi connectivity index (χ3n) is 1.31. The minimum Gasteiger partial charge on any atom is -0.292 e. The Labute approximate surface area is 90.0 Å². The largest absolute Gasteiger partial charge is 0.422 e. The van der Waals surface area contributed by atoms with Crippen LogP contribution in [0.5, 0.6) is 0 Å². The summed E-state index contributed by atoms with van der Waals surface area (Å²) in [6.45, 7) is 0. The molecular weight excluding hydrogens is 321 g/mol. The topological polar surface area (TPSA) is 29.4 Å². The lowest BCUT2D eigenvalue weighted by Crippen LogP contribution is -2.30. The van der Waals surface area contributed by atoms with E-state index in [1.165, 1.54) is 0 Å². The number of ketones is 1. The van der Waals surface area contributed by atoms with E-state index in [1.807, 2.05) is 0 Å². The molecule has 2 nitrogen and oxygen atoms in total. The second kappa shape index (κ2) is 3.56. The van der Waals surface area contributed by atoms with Gasteiger partial charge in [-0.2, -0.15) is 13.2 Å². The molecule has 0 bridgehead atoms. The van der Waals surface area contributed by atoms with E-state index in [9.17, 15) is 18.0 Å². The number of halogens is 5. The summed E-state index contributed by atoms with van der Waals surface area (Å²) < 4.78 is 35.6. The summed E-state index contributed by atoms with van der Waals surface area (Å²) in [4.78, 5) is 14.3. The highest BCUT2D eigenvalue weighted by molar-refractivity contribution is 14.1. The van der Waals surface area contributed by atoms with Gasteiger partial charge in [0.15, 0.2) is 5.78 Å². The normalized spacial score (nSPS) is 24.1. The van der Waals surface area contributed by atoms with E-state index in [1.54, 1.807) is 22.6 Å². The van der Waals surface area contributed by atoms with Crippen LogP contribution in [0.1, 0.15) is 0 Å². The Morgan fingerprint density at radius 3 is 2.46 bits per heavy atom. The molecule has 0 aliphatic carbocycles. The van der Waals surface area contributed by atoms with Crippen LogP contribution in [0.2, 0.25) is 0 Å². The molecule has 7 heteroatoms. The standard InChI is InChI=1S/C6H2ClF3INO/c7-5-3(6(8,9)10)4(13)2(11)1-12-5/h1-2H. The molecule has 1 unspecified atom stereocenters. The Bertz CT molecular complexity index is 309. The van der Waals surface area contributed by atoms with Crippen molar-refractivity contribution in [1.29, 1.82) is 0 Å². The molecule has 1 rings (SSSR count). The third-order valence-corrected chi connectivity index (χ3v) is 2.48. The number of nitrogens with zero attached hydrogens (tertiary/aromatic N) is 1. The maximum absolute atomic E-state index is 12.2. The molecule has 1 heterocycles. The van der Waals surface area contributed by atoms with Crippen molar-refractivity contribution in [2.45, 2.75) is 10.1 Å². The molecule has 1 aliphatic heterocycles. The van der Waals surface area contributed by atoms with Crippen molar-refractivity contribution in [3.05, 3.63) is 10.7 Å². The molecule has 0 aromatic carbocycles. The lowest BCUT2D eigenvalue weighted by Gasteiger charge is -2.15. The zero-order chi connectivity index (χ0) is 10.2. The van der Waals surface area contributed by atoms with Crippen LogP contribution < -0.4 is 0 Å². The number of aliphatic imine (C=N–C) groups is 1. The third kappa shape index (κ3) is 2.22. The van der Waals surface area contributed by atoms with Crippen LogP contribution in [-0.2, 0) is 4.79 Å². The molecule has 0 N–H and O–H groups in total. The summed E-state index contributed by atoms with van der Waals surface area (Å²) in [6, 6.07) is 0. The van der Waals surface area contributed by atoms with Gasteiger partial charge in [-0.1, -0.05) is 34.2 Å². The Hall–Kier alpha value is -0.110. The van der Waals surface area contributed by atoms with Crippen LogP contribution in [0.4, 0.5) is 13.2 Å². The average Bonchev–Trinajstić information content (AvgIpc) is 1.95. The van der Waals surface area contributed by atoms with Crippen molar-refractivity contribution in [1.82, 2.24) is 0 Å². The number of Topliss-reactive ketones (excluding diaryl/α,β-unsaturated/α-hetero) is 1. The van der Waals surface area contributed by atoms with Gasteiger partial charge in [0, 0.05) is 6.21 Å². The second-order valence-electron chi connectivity index (χ2n) is 2.21. The van der Waals surface area contributed by atoms with Crippen LogP contribution in [0.3, 0.4) is 0 Å². The van der Waals surface area contributed by atoms with Crippen molar-refractivity contribution in [3.63, 3.8) is 0 Å². The monoisotopic (exact) mass is 323 g/mol. The summed E-state index contributed by atoms with van der Waals surface area (Å²) >= 11 is 6.72. The fraction of sp³-hybridized carbons (Fsp3) is 0.333. The van der Waals surface area contributed by atoms with Crippen molar-refractivity contribution in [2.75, 3.05) is 0 Å². The van der Waals surface area contributed by atoms with E-state index in [0.29, 0.717) is 0 Å². The summed E-state index contributed by atoms with van der Waals surface area (Å²) in [5.41, 5.74) is -1.36. The first kappa shape index (κ1) is 11.0. The fourth-order valence-electron chi connectivity index (χ4n) is 0.759. The molecule has 1 atom stereocenters. The van der Waals surface area contributed by atoms with Crippen molar-refractivity contribution >= 4 is 46.2 Å². The first-order valence-electron chi connectivity index (χ1n) is 3.03. The Kier molecular flexibility index (Phi) is 3.01. The number of allylic oxidation sites excluding steroid dienone is 1. The highest BCUT2D eigenvalue weighted by atomic mass is 127. The number of alkyl halides is 4. The Morgan fingerprint density at radius 2 is 2.08 bits per heavy atom. The molecule has 0 saturated carbocycles. The van der Waals surface area contributed by atoms with Gasteiger partial charge in [0.1, 0.15) is 14.7 Å². The van der Waals surface area contributed by atoms with Gasteiger partial charge in [0.2, 0.25) is 0 Å². The maximum atomic E-state index is 12.2. The minimum atomic E-state index is -4.73. The molecule has 1 aliphatic rings. The Balaban J connectivity index is 3.18. The predicted octanol–water partition coefficient (Wildman–Crippen LogP) is 2.46. The molecule has 0 aromatic rings. The highest BCUT2D eigenvalue weighted by Crippen LogP contribution is 2.34. The second-order valence-corrected chi connectivity index (χ2v) is 3.91. The molecule has 0 radical (unpaired) electrons. The smallest absolute Gasteiger partial charge is 0.292 e. The zero-order valence-electron chi connectivity index (χ0n) is 5.90. The van der Waals surface area contributed by atoms with Gasteiger partial charge < -0.3 is 0 Å². The fourth-order valence-corrected chi connectivity index (χ4v) is 1.49. The molecule has 0 fully saturated rings. The van der Waals surface area contributed by atoms with Crippen LogP contribution in [0.15, 0.2) is 15.7 Å². The van der Waals surface area contributed by atoms with E-state index in [-0.39, 0.29) is 0 Å². The molecule has 0 aromatic heterocycles. The van der Waals surface area contributed by atoms with Gasteiger partial charge in [-0.15, -0.1) is 0 Å². The molecule has 72 valence electrons. The summed E-state index contributed by atoms with van der Waals surface area (Å²) in [5, 5.41) is -0.787. The van der Waals surface area contributed by atoms with Gasteiger partial charge in [-0.05, 0) is 0 Å². The van der Waals surface area contributed by atoms with E-state index < -0.39 is 26.6 Å². The van der Waals surface area contributed by atoms with Crippen LogP contribution in [0, 0.1) is 0 Å². The van der Waals surface area contributed by atoms with Crippen LogP contribution in [0.25, 0.3) is 0 Å². The highest BCUT2D eigenvalue weighted by Gasteiger charge is 2.44. The number of hydrogen-bond donors (Lipinski definition) is 0. The number of hydrogen-bond acceptors (Lipinski definition) is 2. The van der Waals surface area contributed by atoms with Crippen LogP contribution >= 0.6 is 34.2 Å². The quantitative estimate of drug-likeness (QED) is 0.382. The summed E-state index contributed by atoms with van der Waals surface area (Å²) in [5.74, 6) is -1.05. The molecule has 13 heavy (non-hydrogen) atoms. The van der Waals surface area contributed by atoms with Gasteiger partial charge >= 0.3 is 6.18 Å². The Morgan fingerprint density at radius 1 is 1.54 bits per heavy atom. The average molecular weight is 323 g/mol. The molecule has 0 saturated heterocycles. The lowest BCUT2D eigenvalue weighted by molar-refractivity contribution is -0.127. The first-order valence-corrected chi connectivity index (χ1v) is 4.66. The van der Waals surface area contributed by atoms with Crippen LogP contribution in [-0.4, -0.2) is 22.1 Å². The number of carbonyl (C=O) groups is 1. The number of rotatable bonds is 0. The first-order chi connectivity index (χ1) is 5.84. The van der Waals surface area contributed by atoms with Gasteiger partial charge in [0.25, 0.3) is 0 Å². The summed E-state index contributed by atoms with van der Waals surface area (Å²) in [7, 11) is 0. The van der Waals surface area contributed by atoms with E-state index in [2.05, 4.69) is 4.99 Å². The van der Waals surface area contributed by atoms with Crippen molar-refractivity contribution in [3.8, 4) is 0 Å².